The van der Waals surface area contributed by atoms with Crippen molar-refractivity contribution >= 4 is 11.4 Å². The molecule has 0 saturated heterocycles. The van der Waals surface area contributed by atoms with E-state index in [4.69, 9.17) is 5.73 Å². The zero-order valence-corrected chi connectivity index (χ0v) is 11.0. The lowest BCUT2D eigenvalue weighted by Gasteiger charge is -2.33. The van der Waals surface area contributed by atoms with Crippen molar-refractivity contribution in [3.05, 3.63) is 59.7 Å². The molecule has 0 saturated carbocycles. The Morgan fingerprint density at radius 3 is 2.70 bits per heavy atom. The van der Waals surface area contributed by atoms with Gasteiger partial charge in [-0.05, 0) is 17.7 Å². The van der Waals surface area contributed by atoms with Gasteiger partial charge in [0.25, 0.3) is 0 Å². The normalized spacial score (nSPS) is 18.1. The van der Waals surface area contributed by atoms with Crippen LogP contribution in [0.4, 0.5) is 11.4 Å². The standard InChI is InChI=1S/C16H16N4/c17-9-12-7-4-8-13-16(12)20-14(10-19-13)15(18)11-5-2-1-3-6-11/h1-8,14-15,19-20H,10,18H2/t14-,15-/m1/s1. The molecule has 0 aliphatic carbocycles. The SMILES string of the molecule is N#Cc1cccc2c1N[C@@H]([C@H](N)c1ccccc1)CN2. The molecule has 0 spiro atoms. The molecule has 2 aromatic carbocycles. The van der Waals surface area contributed by atoms with Gasteiger partial charge in [-0.25, -0.2) is 0 Å². The van der Waals surface area contributed by atoms with Gasteiger partial charge in [0.05, 0.1) is 29.0 Å². The third-order valence-corrected chi connectivity index (χ3v) is 3.65. The van der Waals surface area contributed by atoms with E-state index in [0.29, 0.717) is 5.56 Å². The van der Waals surface area contributed by atoms with Gasteiger partial charge < -0.3 is 16.4 Å². The number of anilines is 2. The maximum atomic E-state index is 9.19. The van der Waals surface area contributed by atoms with Gasteiger partial charge in [0.1, 0.15) is 6.07 Å². The van der Waals surface area contributed by atoms with E-state index in [1.54, 1.807) is 0 Å². The molecule has 1 aliphatic rings. The Morgan fingerprint density at radius 1 is 1.15 bits per heavy atom. The summed E-state index contributed by atoms with van der Waals surface area (Å²) in [6.45, 7) is 0.734. The summed E-state index contributed by atoms with van der Waals surface area (Å²) in [6, 6.07) is 17.8. The monoisotopic (exact) mass is 264 g/mol. The molecule has 1 aliphatic heterocycles. The molecule has 2 atom stereocenters. The zero-order chi connectivity index (χ0) is 13.9. The number of nitrogens with two attached hydrogens (primary N) is 1. The van der Waals surface area contributed by atoms with Crippen molar-refractivity contribution in [3.63, 3.8) is 0 Å². The Kier molecular flexibility index (Phi) is 3.28. The lowest BCUT2D eigenvalue weighted by atomic mass is 9.97. The highest BCUT2D eigenvalue weighted by Gasteiger charge is 2.25. The van der Waals surface area contributed by atoms with Crippen molar-refractivity contribution in [2.45, 2.75) is 12.1 Å². The first kappa shape index (κ1) is 12.5. The first-order chi connectivity index (χ1) is 9.79. The van der Waals surface area contributed by atoms with Crippen LogP contribution in [0.2, 0.25) is 0 Å². The van der Waals surface area contributed by atoms with Gasteiger partial charge >= 0.3 is 0 Å². The van der Waals surface area contributed by atoms with Crippen molar-refractivity contribution in [3.8, 4) is 6.07 Å². The topological polar surface area (TPSA) is 73.9 Å². The molecule has 4 nitrogen and oxygen atoms in total. The second-order valence-electron chi connectivity index (χ2n) is 4.91. The van der Waals surface area contributed by atoms with Gasteiger partial charge in [-0.15, -0.1) is 0 Å². The number of rotatable bonds is 2. The van der Waals surface area contributed by atoms with Crippen LogP contribution in [0.25, 0.3) is 0 Å². The van der Waals surface area contributed by atoms with Crippen molar-refractivity contribution in [2.75, 3.05) is 17.2 Å². The lowest BCUT2D eigenvalue weighted by molar-refractivity contribution is 0.595. The Hall–Kier alpha value is -2.51. The predicted octanol–water partition coefficient (Wildman–Crippen LogP) is 2.46. The van der Waals surface area contributed by atoms with E-state index in [1.807, 2.05) is 48.5 Å². The van der Waals surface area contributed by atoms with E-state index in [9.17, 15) is 5.26 Å². The number of benzene rings is 2. The average Bonchev–Trinajstić information content (AvgIpc) is 2.54. The first-order valence-corrected chi connectivity index (χ1v) is 6.63. The molecule has 3 rings (SSSR count). The lowest BCUT2D eigenvalue weighted by Crippen LogP contribution is -2.41. The van der Waals surface area contributed by atoms with Crippen LogP contribution in [0.3, 0.4) is 0 Å². The van der Waals surface area contributed by atoms with Gasteiger partial charge in [-0.1, -0.05) is 36.4 Å². The number of fused-ring (bicyclic) bond motifs is 1. The van der Waals surface area contributed by atoms with E-state index in [1.165, 1.54) is 0 Å². The summed E-state index contributed by atoms with van der Waals surface area (Å²) in [5.74, 6) is 0. The minimum atomic E-state index is -0.122. The van der Waals surface area contributed by atoms with E-state index in [2.05, 4.69) is 16.7 Å². The predicted molar refractivity (Wildman–Crippen MR) is 80.4 cm³/mol. The molecule has 0 amide bonds. The number of nitrogens with zero attached hydrogens (tertiary/aromatic N) is 1. The summed E-state index contributed by atoms with van der Waals surface area (Å²) in [5.41, 5.74) is 9.86. The molecule has 0 fully saturated rings. The molecule has 1 heterocycles. The number of hydrogen-bond acceptors (Lipinski definition) is 4. The fourth-order valence-electron chi connectivity index (χ4n) is 2.53. The quantitative estimate of drug-likeness (QED) is 0.779. The molecule has 4 N–H and O–H groups in total. The molecule has 0 aromatic heterocycles. The van der Waals surface area contributed by atoms with Crippen LogP contribution in [0.1, 0.15) is 17.2 Å². The van der Waals surface area contributed by atoms with E-state index >= 15 is 0 Å². The minimum Gasteiger partial charge on any atom is -0.381 e. The summed E-state index contributed by atoms with van der Waals surface area (Å²) in [6.07, 6.45) is 0. The Bertz CT molecular complexity index is 645. The summed E-state index contributed by atoms with van der Waals surface area (Å²) < 4.78 is 0. The van der Waals surface area contributed by atoms with E-state index < -0.39 is 0 Å². The largest absolute Gasteiger partial charge is 0.381 e. The van der Waals surface area contributed by atoms with Crippen LogP contribution in [-0.4, -0.2) is 12.6 Å². The highest BCUT2D eigenvalue weighted by molar-refractivity contribution is 5.77. The van der Waals surface area contributed by atoms with Crippen LogP contribution in [-0.2, 0) is 0 Å². The summed E-state index contributed by atoms with van der Waals surface area (Å²) in [5, 5.41) is 15.9. The third kappa shape index (κ3) is 2.20. The second kappa shape index (κ2) is 5.24. The number of hydrogen-bond donors (Lipinski definition) is 3. The molecule has 0 bridgehead atoms. The van der Waals surface area contributed by atoms with Crippen molar-refractivity contribution in [1.29, 1.82) is 5.26 Å². The molecule has 20 heavy (non-hydrogen) atoms. The maximum absolute atomic E-state index is 9.19. The Balaban J connectivity index is 1.87. The van der Waals surface area contributed by atoms with E-state index in [0.717, 1.165) is 23.5 Å². The van der Waals surface area contributed by atoms with E-state index in [-0.39, 0.29) is 12.1 Å². The molecule has 0 radical (unpaired) electrons. The highest BCUT2D eigenvalue weighted by Crippen LogP contribution is 2.32. The smallest absolute Gasteiger partial charge is 0.101 e. The summed E-state index contributed by atoms with van der Waals surface area (Å²) in [7, 11) is 0. The number of nitrogens with one attached hydrogen (secondary N) is 2. The fraction of sp³-hybridized carbons (Fsp3) is 0.188. The van der Waals surface area contributed by atoms with Gasteiger partial charge in [0.2, 0.25) is 0 Å². The van der Waals surface area contributed by atoms with Crippen molar-refractivity contribution < 1.29 is 0 Å². The third-order valence-electron chi connectivity index (χ3n) is 3.65. The molecular weight excluding hydrogens is 248 g/mol. The molecule has 2 aromatic rings. The van der Waals surface area contributed by atoms with Crippen molar-refractivity contribution in [1.82, 2.24) is 0 Å². The van der Waals surface area contributed by atoms with Gasteiger partial charge in [0.15, 0.2) is 0 Å². The van der Waals surface area contributed by atoms with Gasteiger partial charge in [-0.2, -0.15) is 5.26 Å². The Morgan fingerprint density at radius 2 is 1.95 bits per heavy atom. The zero-order valence-electron chi connectivity index (χ0n) is 11.0. The maximum Gasteiger partial charge on any atom is 0.101 e. The van der Waals surface area contributed by atoms with Gasteiger partial charge in [0, 0.05) is 6.54 Å². The molecule has 4 heteroatoms. The first-order valence-electron chi connectivity index (χ1n) is 6.63. The van der Waals surface area contributed by atoms with Gasteiger partial charge in [-0.3, -0.25) is 0 Å². The van der Waals surface area contributed by atoms with Crippen LogP contribution in [0, 0.1) is 11.3 Å². The highest BCUT2D eigenvalue weighted by atomic mass is 15.1. The molecule has 100 valence electrons. The number of nitriles is 1. The summed E-state index contributed by atoms with van der Waals surface area (Å²) in [4.78, 5) is 0. The van der Waals surface area contributed by atoms with Crippen LogP contribution >= 0.6 is 0 Å². The van der Waals surface area contributed by atoms with Crippen LogP contribution in [0.5, 0.6) is 0 Å². The fourth-order valence-corrected chi connectivity index (χ4v) is 2.53. The van der Waals surface area contributed by atoms with Crippen LogP contribution in [0.15, 0.2) is 48.5 Å². The average molecular weight is 264 g/mol. The second-order valence-corrected chi connectivity index (χ2v) is 4.91. The molecule has 0 unspecified atom stereocenters. The van der Waals surface area contributed by atoms with Crippen molar-refractivity contribution in [2.24, 2.45) is 5.73 Å². The molecular formula is C16H16N4. The minimum absolute atomic E-state index is 0.0550. The summed E-state index contributed by atoms with van der Waals surface area (Å²) >= 11 is 0. The van der Waals surface area contributed by atoms with Crippen LogP contribution < -0.4 is 16.4 Å². The number of para-hydroxylation sites is 1. The Labute approximate surface area is 118 Å².